The molecule has 0 amide bonds. The van der Waals surface area contributed by atoms with Crippen molar-refractivity contribution in [2.24, 2.45) is 0 Å². The van der Waals surface area contributed by atoms with Gasteiger partial charge in [-0.25, -0.2) is 0 Å². The highest BCUT2D eigenvalue weighted by molar-refractivity contribution is 5.56. The molecule has 21 heavy (non-hydrogen) atoms. The number of fused-ring (bicyclic) bond motifs is 1. The molecule has 1 aromatic heterocycles. The van der Waals surface area contributed by atoms with Crippen molar-refractivity contribution in [2.75, 3.05) is 11.4 Å². The van der Waals surface area contributed by atoms with Gasteiger partial charge in [0.05, 0.1) is 0 Å². The van der Waals surface area contributed by atoms with Gasteiger partial charge in [0, 0.05) is 17.6 Å². The van der Waals surface area contributed by atoms with E-state index >= 15 is 0 Å². The monoisotopic (exact) mass is 285 g/mol. The van der Waals surface area contributed by atoms with Crippen molar-refractivity contribution in [3.63, 3.8) is 0 Å². The van der Waals surface area contributed by atoms with Crippen molar-refractivity contribution in [2.45, 2.75) is 52.0 Å². The number of nitrogens with zero attached hydrogens (tertiary/aromatic N) is 3. The maximum atomic E-state index is 5.52. The van der Waals surface area contributed by atoms with Gasteiger partial charge in [0.25, 0.3) is 0 Å². The Kier molecular flexibility index (Phi) is 3.47. The van der Waals surface area contributed by atoms with E-state index in [4.69, 9.17) is 4.52 Å². The summed E-state index contributed by atoms with van der Waals surface area (Å²) in [5.74, 6) is 1.48. The first-order chi connectivity index (χ1) is 9.97. The Hall–Kier alpha value is -1.84. The summed E-state index contributed by atoms with van der Waals surface area (Å²) in [4.78, 5) is 6.98. The van der Waals surface area contributed by atoms with Gasteiger partial charge in [-0.05, 0) is 31.4 Å². The van der Waals surface area contributed by atoms with E-state index in [0.29, 0.717) is 5.89 Å². The van der Waals surface area contributed by atoms with Gasteiger partial charge < -0.3 is 9.42 Å². The Morgan fingerprint density at radius 1 is 1.24 bits per heavy atom. The fourth-order valence-electron chi connectivity index (χ4n) is 2.81. The average molecular weight is 285 g/mol. The molecule has 1 atom stereocenters. The molecular formula is C17H23N3O. The summed E-state index contributed by atoms with van der Waals surface area (Å²) in [6.45, 7) is 9.47. The van der Waals surface area contributed by atoms with Crippen LogP contribution in [0, 0.1) is 0 Å². The van der Waals surface area contributed by atoms with Gasteiger partial charge in [0.15, 0.2) is 5.82 Å². The molecule has 1 aliphatic rings. The van der Waals surface area contributed by atoms with Gasteiger partial charge in [-0.15, -0.1) is 0 Å². The van der Waals surface area contributed by atoms with Crippen molar-refractivity contribution >= 4 is 5.69 Å². The summed E-state index contributed by atoms with van der Waals surface area (Å²) in [5, 5.41) is 4.15. The summed E-state index contributed by atoms with van der Waals surface area (Å²) in [7, 11) is 0. The second-order valence-corrected chi connectivity index (χ2v) is 6.81. The third-order valence-corrected chi connectivity index (χ3v) is 4.08. The van der Waals surface area contributed by atoms with Gasteiger partial charge >= 0.3 is 0 Å². The fourth-order valence-corrected chi connectivity index (χ4v) is 2.81. The lowest BCUT2D eigenvalue weighted by atomic mass is 9.96. The molecule has 4 nitrogen and oxygen atoms in total. The summed E-state index contributed by atoms with van der Waals surface area (Å²) in [5.41, 5.74) is 2.62. The van der Waals surface area contributed by atoms with E-state index in [1.807, 2.05) is 0 Å². The predicted molar refractivity (Wildman–Crippen MR) is 83.5 cm³/mol. The van der Waals surface area contributed by atoms with Crippen LogP contribution in [0.4, 0.5) is 5.69 Å². The van der Waals surface area contributed by atoms with Gasteiger partial charge in [-0.1, -0.05) is 44.1 Å². The molecule has 112 valence electrons. The lowest BCUT2D eigenvalue weighted by Crippen LogP contribution is -2.32. The molecule has 0 spiro atoms. The summed E-state index contributed by atoms with van der Waals surface area (Å²) >= 11 is 0. The molecule has 0 N–H and O–H groups in total. The molecule has 2 aromatic rings. The highest BCUT2D eigenvalue weighted by atomic mass is 16.5. The van der Waals surface area contributed by atoms with Crippen LogP contribution in [-0.4, -0.2) is 16.7 Å². The molecule has 0 fully saturated rings. The molecule has 2 heterocycles. The van der Waals surface area contributed by atoms with Crippen LogP contribution in [0.5, 0.6) is 0 Å². The van der Waals surface area contributed by atoms with Crippen molar-refractivity contribution in [1.29, 1.82) is 0 Å². The van der Waals surface area contributed by atoms with Crippen LogP contribution in [0.3, 0.4) is 0 Å². The van der Waals surface area contributed by atoms with Crippen LogP contribution in [0.2, 0.25) is 0 Å². The highest BCUT2D eigenvalue weighted by Crippen LogP contribution is 2.33. The van der Waals surface area contributed by atoms with E-state index in [1.165, 1.54) is 17.7 Å². The Morgan fingerprint density at radius 2 is 2.00 bits per heavy atom. The average Bonchev–Trinajstić information content (AvgIpc) is 2.96. The van der Waals surface area contributed by atoms with Crippen molar-refractivity contribution in [3.8, 4) is 0 Å². The second-order valence-electron chi connectivity index (χ2n) is 6.81. The lowest BCUT2D eigenvalue weighted by Gasteiger charge is -2.34. The molecule has 0 radical (unpaired) electrons. The first-order valence-corrected chi connectivity index (χ1v) is 7.65. The van der Waals surface area contributed by atoms with Gasteiger partial charge in [0.2, 0.25) is 5.89 Å². The number of hydrogen-bond donors (Lipinski definition) is 0. The largest absolute Gasteiger partial charge is 0.360 e. The minimum atomic E-state index is -0.0821. The standard InChI is InChI=1S/C17H23N3O/c1-12(15-18-16(19-21-15)17(2,3)4)20-11-7-9-13-8-5-6-10-14(13)20/h5-6,8,10,12H,7,9,11H2,1-4H3/t12-/m0/s1. The Bertz CT molecular complexity index is 627. The molecule has 0 unspecified atom stereocenters. The lowest BCUT2D eigenvalue weighted by molar-refractivity contribution is 0.342. The molecular weight excluding hydrogens is 262 g/mol. The maximum Gasteiger partial charge on any atom is 0.249 e. The zero-order chi connectivity index (χ0) is 15.0. The normalized spacial score (nSPS) is 16.7. The number of rotatable bonds is 2. The van der Waals surface area contributed by atoms with E-state index in [0.717, 1.165) is 18.8 Å². The zero-order valence-corrected chi connectivity index (χ0v) is 13.3. The van der Waals surface area contributed by atoms with E-state index in [9.17, 15) is 0 Å². The topological polar surface area (TPSA) is 42.2 Å². The number of benzene rings is 1. The van der Waals surface area contributed by atoms with E-state index in [1.54, 1.807) is 0 Å². The second kappa shape index (κ2) is 5.17. The van der Waals surface area contributed by atoms with Gasteiger partial charge in [0.1, 0.15) is 6.04 Å². The Balaban J connectivity index is 1.89. The van der Waals surface area contributed by atoms with E-state index in [2.05, 4.69) is 67.0 Å². The predicted octanol–water partition coefficient (Wildman–Crippen LogP) is 3.88. The number of para-hydroxylation sites is 1. The van der Waals surface area contributed by atoms with Crippen LogP contribution in [0.25, 0.3) is 0 Å². The Morgan fingerprint density at radius 3 is 2.71 bits per heavy atom. The SMILES string of the molecule is C[C@@H](c1nc(C(C)(C)C)no1)N1CCCc2ccccc21. The number of anilines is 1. The van der Waals surface area contributed by atoms with E-state index in [-0.39, 0.29) is 11.5 Å². The van der Waals surface area contributed by atoms with Crippen molar-refractivity contribution < 1.29 is 4.52 Å². The van der Waals surface area contributed by atoms with Crippen molar-refractivity contribution in [3.05, 3.63) is 41.5 Å². The molecule has 4 heteroatoms. The highest BCUT2D eigenvalue weighted by Gasteiger charge is 2.28. The molecule has 3 rings (SSSR count). The smallest absolute Gasteiger partial charge is 0.249 e. The third-order valence-electron chi connectivity index (χ3n) is 4.08. The molecule has 0 aliphatic carbocycles. The quantitative estimate of drug-likeness (QED) is 0.839. The molecule has 0 bridgehead atoms. The molecule has 0 saturated heterocycles. The third kappa shape index (κ3) is 2.67. The van der Waals surface area contributed by atoms with Gasteiger partial charge in [-0.3, -0.25) is 0 Å². The fraction of sp³-hybridized carbons (Fsp3) is 0.529. The Labute approximate surface area is 126 Å². The number of hydrogen-bond acceptors (Lipinski definition) is 4. The van der Waals surface area contributed by atoms with Crippen LogP contribution in [0.1, 0.15) is 57.4 Å². The minimum absolute atomic E-state index is 0.0821. The van der Waals surface area contributed by atoms with Crippen LogP contribution in [0.15, 0.2) is 28.8 Å². The minimum Gasteiger partial charge on any atom is -0.360 e. The molecule has 1 aromatic carbocycles. The van der Waals surface area contributed by atoms with E-state index < -0.39 is 0 Å². The number of aryl methyl sites for hydroxylation is 1. The van der Waals surface area contributed by atoms with Crippen LogP contribution >= 0.6 is 0 Å². The summed E-state index contributed by atoms with van der Waals surface area (Å²) < 4.78 is 5.52. The summed E-state index contributed by atoms with van der Waals surface area (Å²) in [6, 6.07) is 8.71. The first kappa shape index (κ1) is 14.1. The molecule has 0 saturated carbocycles. The van der Waals surface area contributed by atoms with Crippen LogP contribution in [-0.2, 0) is 11.8 Å². The number of aromatic nitrogens is 2. The summed E-state index contributed by atoms with van der Waals surface area (Å²) in [6.07, 6.45) is 2.32. The van der Waals surface area contributed by atoms with Crippen LogP contribution < -0.4 is 4.90 Å². The zero-order valence-electron chi connectivity index (χ0n) is 13.3. The molecule has 1 aliphatic heterocycles. The first-order valence-electron chi connectivity index (χ1n) is 7.65. The maximum absolute atomic E-state index is 5.52. The van der Waals surface area contributed by atoms with Gasteiger partial charge in [-0.2, -0.15) is 4.98 Å². The van der Waals surface area contributed by atoms with Crippen molar-refractivity contribution in [1.82, 2.24) is 10.1 Å².